The number of pyridine rings is 1. The number of fused-ring (bicyclic) bond motifs is 1. The van der Waals surface area contributed by atoms with Crippen LogP contribution in [0, 0.1) is 13.8 Å². The minimum Gasteiger partial charge on any atom is -0.481 e. The van der Waals surface area contributed by atoms with Gasteiger partial charge in [-0.3, -0.25) is 9.78 Å². The second-order valence-electron chi connectivity index (χ2n) is 7.84. The number of para-hydroxylation sites is 1. The molecule has 2 aromatic heterocycles. The average Bonchev–Trinajstić information content (AvgIpc) is 3.15. The summed E-state index contributed by atoms with van der Waals surface area (Å²) in [5.41, 5.74) is 7.42. The van der Waals surface area contributed by atoms with Crippen molar-refractivity contribution in [2.75, 3.05) is 13.2 Å². The van der Waals surface area contributed by atoms with Crippen molar-refractivity contribution >= 4 is 29.0 Å². The first-order valence-corrected chi connectivity index (χ1v) is 11.2. The van der Waals surface area contributed by atoms with E-state index in [1.807, 2.05) is 56.3 Å². The number of nitrogens with one attached hydrogen (secondary N) is 1. The monoisotopic (exact) mass is 470 g/mol. The lowest BCUT2D eigenvalue weighted by Gasteiger charge is -2.10. The number of aromatic nitrogens is 2. The van der Waals surface area contributed by atoms with Crippen LogP contribution in [-0.2, 0) is 9.53 Å². The summed E-state index contributed by atoms with van der Waals surface area (Å²) in [5.74, 6) is -0.179. The Kier molecular flexibility index (Phi) is 7.21. The molecule has 0 aliphatic heterocycles. The Bertz CT molecular complexity index is 1390. The normalized spacial score (nSPS) is 11.1. The summed E-state index contributed by atoms with van der Waals surface area (Å²) in [6.45, 7) is 5.88. The van der Waals surface area contributed by atoms with Crippen LogP contribution < -0.4 is 10.2 Å². The minimum absolute atomic E-state index is 0.182. The summed E-state index contributed by atoms with van der Waals surface area (Å²) in [5, 5.41) is 5.03. The van der Waals surface area contributed by atoms with E-state index in [1.165, 1.54) is 0 Å². The number of esters is 1. The lowest BCUT2D eigenvalue weighted by molar-refractivity contribution is -0.123. The van der Waals surface area contributed by atoms with Gasteiger partial charge in [0, 0.05) is 34.2 Å². The Labute approximate surface area is 203 Å². The van der Waals surface area contributed by atoms with Gasteiger partial charge in [0.2, 0.25) is 0 Å². The molecule has 0 saturated heterocycles. The highest BCUT2D eigenvalue weighted by Crippen LogP contribution is 2.23. The average molecular weight is 471 g/mol. The van der Waals surface area contributed by atoms with Crippen LogP contribution in [0.4, 0.5) is 0 Å². The predicted molar refractivity (Wildman–Crippen MR) is 134 cm³/mol. The van der Waals surface area contributed by atoms with E-state index in [4.69, 9.17) is 9.47 Å². The van der Waals surface area contributed by atoms with Crippen molar-refractivity contribution in [1.82, 2.24) is 15.0 Å². The number of nitrogens with zero attached hydrogens (tertiary/aromatic N) is 3. The van der Waals surface area contributed by atoms with Crippen molar-refractivity contribution in [2.45, 2.75) is 20.8 Å². The van der Waals surface area contributed by atoms with E-state index in [2.05, 4.69) is 20.1 Å². The van der Waals surface area contributed by atoms with Gasteiger partial charge in [0.05, 0.1) is 18.4 Å². The zero-order chi connectivity index (χ0) is 24.8. The largest absolute Gasteiger partial charge is 0.481 e. The lowest BCUT2D eigenvalue weighted by atomic mass is 10.2. The number of ether oxygens (including phenoxy) is 2. The fraction of sp³-hybridized carbons (Fsp3) is 0.185. The van der Waals surface area contributed by atoms with Crippen molar-refractivity contribution < 1.29 is 19.1 Å². The SMILES string of the molecule is CCOC(=O)c1ccc(-n2c(C)cc(/C=N\NC(=O)COc3cccc4cccnc34)c2C)cc1. The summed E-state index contributed by atoms with van der Waals surface area (Å²) >= 11 is 0. The molecule has 35 heavy (non-hydrogen) atoms. The maximum absolute atomic E-state index is 12.2. The number of hydrogen-bond donors (Lipinski definition) is 1. The number of hydrogen-bond acceptors (Lipinski definition) is 6. The highest BCUT2D eigenvalue weighted by Gasteiger charge is 2.12. The van der Waals surface area contributed by atoms with E-state index >= 15 is 0 Å². The number of aryl methyl sites for hydroxylation is 1. The molecule has 0 unspecified atom stereocenters. The van der Waals surface area contributed by atoms with Crippen molar-refractivity contribution in [3.05, 3.63) is 89.4 Å². The van der Waals surface area contributed by atoms with Gasteiger partial charge >= 0.3 is 5.97 Å². The van der Waals surface area contributed by atoms with Crippen LogP contribution in [0.3, 0.4) is 0 Å². The van der Waals surface area contributed by atoms with E-state index in [1.54, 1.807) is 37.5 Å². The quantitative estimate of drug-likeness (QED) is 0.235. The maximum atomic E-state index is 12.2. The molecule has 1 amide bonds. The molecule has 178 valence electrons. The Hall–Kier alpha value is -4.46. The molecule has 4 rings (SSSR count). The van der Waals surface area contributed by atoms with E-state index in [0.717, 1.165) is 28.0 Å². The highest BCUT2D eigenvalue weighted by molar-refractivity contribution is 5.90. The van der Waals surface area contributed by atoms with Crippen molar-refractivity contribution in [3.63, 3.8) is 0 Å². The first-order valence-electron chi connectivity index (χ1n) is 11.2. The van der Waals surface area contributed by atoms with Crippen molar-refractivity contribution in [2.24, 2.45) is 5.10 Å². The molecule has 8 heteroatoms. The van der Waals surface area contributed by atoms with Crippen LogP contribution in [0.5, 0.6) is 5.75 Å². The molecule has 0 fully saturated rings. The predicted octanol–water partition coefficient (Wildman–Crippen LogP) is 4.35. The Morgan fingerprint density at radius 3 is 2.63 bits per heavy atom. The smallest absolute Gasteiger partial charge is 0.338 e. The highest BCUT2D eigenvalue weighted by atomic mass is 16.5. The van der Waals surface area contributed by atoms with E-state index in [0.29, 0.717) is 23.4 Å². The van der Waals surface area contributed by atoms with Crippen LogP contribution in [-0.4, -0.2) is 40.9 Å². The summed E-state index contributed by atoms with van der Waals surface area (Å²) in [7, 11) is 0. The van der Waals surface area contributed by atoms with Crippen LogP contribution in [0.1, 0.15) is 34.2 Å². The Morgan fingerprint density at radius 2 is 1.86 bits per heavy atom. The van der Waals surface area contributed by atoms with E-state index in [-0.39, 0.29) is 18.5 Å². The number of rotatable bonds is 8. The van der Waals surface area contributed by atoms with Crippen molar-refractivity contribution in [3.8, 4) is 11.4 Å². The summed E-state index contributed by atoms with van der Waals surface area (Å²) in [4.78, 5) is 28.5. The molecular weight excluding hydrogens is 444 g/mol. The van der Waals surface area contributed by atoms with Gasteiger partial charge in [-0.15, -0.1) is 0 Å². The standard InChI is InChI=1S/C27H26N4O4/c1-4-34-27(33)21-10-12-23(13-11-21)31-18(2)15-22(19(31)3)16-29-30-25(32)17-35-24-9-5-7-20-8-6-14-28-26(20)24/h5-16H,4,17H2,1-3H3,(H,30,32)/b29-16-. The molecule has 1 N–H and O–H groups in total. The number of hydrazone groups is 1. The zero-order valence-corrected chi connectivity index (χ0v) is 19.8. The molecule has 2 heterocycles. The van der Waals surface area contributed by atoms with Gasteiger partial charge in [0.25, 0.3) is 5.91 Å². The van der Waals surface area contributed by atoms with Gasteiger partial charge in [0.15, 0.2) is 6.61 Å². The van der Waals surface area contributed by atoms with Gasteiger partial charge in [-0.1, -0.05) is 18.2 Å². The fourth-order valence-corrected chi connectivity index (χ4v) is 3.82. The van der Waals surface area contributed by atoms with E-state index < -0.39 is 0 Å². The van der Waals surface area contributed by atoms with Crippen LogP contribution in [0.2, 0.25) is 0 Å². The second kappa shape index (κ2) is 10.6. The molecule has 0 aliphatic rings. The van der Waals surface area contributed by atoms with Gasteiger partial charge in [-0.05, 0) is 63.2 Å². The van der Waals surface area contributed by atoms with Gasteiger partial charge in [-0.2, -0.15) is 5.10 Å². The first kappa shape index (κ1) is 23.7. The molecule has 0 bridgehead atoms. The molecule has 0 atom stereocenters. The van der Waals surface area contributed by atoms with Crippen molar-refractivity contribution in [1.29, 1.82) is 0 Å². The number of amides is 1. The molecule has 0 radical (unpaired) electrons. The molecule has 2 aromatic carbocycles. The second-order valence-corrected chi connectivity index (χ2v) is 7.84. The first-order chi connectivity index (χ1) is 17.0. The molecule has 4 aromatic rings. The summed E-state index contributed by atoms with van der Waals surface area (Å²) in [6, 6.07) is 18.6. The number of carbonyl (C=O) groups excluding carboxylic acids is 2. The lowest BCUT2D eigenvalue weighted by Crippen LogP contribution is -2.24. The Balaban J connectivity index is 1.39. The Morgan fingerprint density at radius 1 is 1.09 bits per heavy atom. The van der Waals surface area contributed by atoms with Crippen LogP contribution in [0.15, 0.2) is 72.0 Å². The van der Waals surface area contributed by atoms with Gasteiger partial charge in [-0.25, -0.2) is 10.2 Å². The minimum atomic E-state index is -0.377. The van der Waals surface area contributed by atoms with Gasteiger partial charge in [0.1, 0.15) is 11.3 Å². The third kappa shape index (κ3) is 5.38. The third-order valence-corrected chi connectivity index (χ3v) is 5.45. The zero-order valence-electron chi connectivity index (χ0n) is 19.8. The van der Waals surface area contributed by atoms with Crippen LogP contribution in [0.25, 0.3) is 16.6 Å². The van der Waals surface area contributed by atoms with Gasteiger partial charge < -0.3 is 14.0 Å². The van der Waals surface area contributed by atoms with E-state index in [9.17, 15) is 9.59 Å². The fourth-order valence-electron chi connectivity index (χ4n) is 3.82. The number of benzene rings is 2. The molecule has 0 aliphatic carbocycles. The van der Waals surface area contributed by atoms with Crippen LogP contribution >= 0.6 is 0 Å². The topological polar surface area (TPSA) is 94.8 Å². The molecular formula is C27H26N4O4. The molecule has 8 nitrogen and oxygen atoms in total. The summed E-state index contributed by atoms with van der Waals surface area (Å²) < 4.78 is 12.7. The summed E-state index contributed by atoms with van der Waals surface area (Å²) in [6.07, 6.45) is 3.29. The third-order valence-electron chi connectivity index (χ3n) is 5.45. The number of carbonyl (C=O) groups is 2. The maximum Gasteiger partial charge on any atom is 0.338 e. The molecule has 0 spiro atoms. The molecule has 0 saturated carbocycles.